The molecule has 10 nitrogen and oxygen atoms in total. The van der Waals surface area contributed by atoms with Gasteiger partial charge in [0.05, 0.1) is 25.3 Å². The molecular weight excluding hydrogens is 780 g/mol. The van der Waals surface area contributed by atoms with E-state index in [1.807, 2.05) is 40.7 Å². The minimum atomic E-state index is -0.490. The van der Waals surface area contributed by atoms with Gasteiger partial charge in [-0.2, -0.15) is 0 Å². The summed E-state index contributed by atoms with van der Waals surface area (Å²) in [6.45, 7) is 15.6. The van der Waals surface area contributed by atoms with Crippen LogP contribution in [0.3, 0.4) is 0 Å². The summed E-state index contributed by atoms with van der Waals surface area (Å²) in [6, 6.07) is 9.11. The third kappa shape index (κ3) is 11.8. The van der Waals surface area contributed by atoms with Gasteiger partial charge >= 0.3 is 18.0 Å². The van der Waals surface area contributed by atoms with Crippen LogP contribution in [0.1, 0.15) is 118 Å². The van der Waals surface area contributed by atoms with Crippen molar-refractivity contribution in [2.45, 2.75) is 130 Å². The Kier molecular flexibility index (Phi) is 16.1. The van der Waals surface area contributed by atoms with Crippen LogP contribution in [0.2, 0.25) is 0 Å². The van der Waals surface area contributed by atoms with E-state index in [-0.39, 0.29) is 24.1 Å². The number of benzene rings is 2. The molecule has 2 fully saturated rings. The first-order valence-electron chi connectivity index (χ1n) is 18.1. The smallest absolute Gasteiger partial charge is 0.407 e. The van der Waals surface area contributed by atoms with Crippen LogP contribution in [0, 0.1) is 13.8 Å². The number of esters is 2. The maximum absolute atomic E-state index is 12.2. The van der Waals surface area contributed by atoms with Crippen LogP contribution in [0.25, 0.3) is 0 Å². The van der Waals surface area contributed by atoms with Crippen LogP contribution in [0.15, 0.2) is 33.2 Å². The van der Waals surface area contributed by atoms with Crippen LogP contribution in [-0.2, 0) is 14.2 Å². The first-order chi connectivity index (χ1) is 24.0. The van der Waals surface area contributed by atoms with E-state index < -0.39 is 5.60 Å². The van der Waals surface area contributed by atoms with Crippen molar-refractivity contribution in [1.29, 1.82) is 0 Å². The summed E-state index contributed by atoms with van der Waals surface area (Å²) in [6.07, 6.45) is 7.73. The quantitative estimate of drug-likeness (QED) is 0.188. The minimum Gasteiger partial charge on any atom is -0.465 e. The van der Waals surface area contributed by atoms with Gasteiger partial charge in [-0.3, -0.25) is 0 Å². The molecular formula is C39H58Br2N4O6. The predicted molar refractivity (Wildman–Crippen MR) is 212 cm³/mol. The number of amides is 1. The fraction of sp³-hybridized carbons (Fsp3) is 0.615. The number of carbonyl (C=O) groups excluding carboxylic acids is 3. The molecule has 2 aromatic rings. The van der Waals surface area contributed by atoms with E-state index in [9.17, 15) is 14.4 Å². The van der Waals surface area contributed by atoms with E-state index in [0.717, 1.165) is 95.9 Å². The van der Waals surface area contributed by atoms with Gasteiger partial charge in [0.2, 0.25) is 0 Å². The molecule has 0 saturated heterocycles. The zero-order valence-electron chi connectivity index (χ0n) is 31.9. The molecule has 2 aliphatic rings. The maximum atomic E-state index is 12.2. The summed E-state index contributed by atoms with van der Waals surface area (Å²) in [5.41, 5.74) is 10.8. The Labute approximate surface area is 321 Å². The highest BCUT2D eigenvalue weighted by molar-refractivity contribution is 9.10. The van der Waals surface area contributed by atoms with E-state index in [1.54, 1.807) is 6.07 Å². The highest BCUT2D eigenvalue weighted by Gasteiger charge is 2.30. The number of methoxy groups -OCH3 is 2. The number of nitrogens with one attached hydrogen (secondary N) is 1. The van der Waals surface area contributed by atoms with Crippen molar-refractivity contribution in [3.8, 4) is 0 Å². The van der Waals surface area contributed by atoms with E-state index in [0.29, 0.717) is 29.3 Å². The first kappa shape index (κ1) is 42.6. The lowest BCUT2D eigenvalue weighted by atomic mass is 9.89. The van der Waals surface area contributed by atoms with Crippen molar-refractivity contribution >= 4 is 61.3 Å². The Morgan fingerprint density at radius 3 is 1.49 bits per heavy atom. The lowest BCUT2D eigenvalue weighted by Gasteiger charge is -2.39. The van der Waals surface area contributed by atoms with Crippen molar-refractivity contribution < 1.29 is 28.6 Å². The number of anilines is 2. The Hall–Kier alpha value is -2.83. The Balaban J connectivity index is 0.000000286. The minimum absolute atomic E-state index is 0.133. The fourth-order valence-corrected chi connectivity index (χ4v) is 8.13. The molecule has 1 amide bonds. The molecule has 51 heavy (non-hydrogen) atoms. The number of hydrogen-bond acceptors (Lipinski definition) is 9. The zero-order chi connectivity index (χ0) is 38.0. The van der Waals surface area contributed by atoms with Gasteiger partial charge in [-0.25, -0.2) is 14.4 Å². The van der Waals surface area contributed by atoms with Crippen LogP contribution in [-0.4, -0.2) is 75.1 Å². The van der Waals surface area contributed by atoms with Crippen molar-refractivity contribution in [3.05, 3.63) is 55.5 Å². The summed E-state index contributed by atoms with van der Waals surface area (Å²) < 4.78 is 17.0. The van der Waals surface area contributed by atoms with Gasteiger partial charge < -0.3 is 35.1 Å². The van der Waals surface area contributed by atoms with Crippen LogP contribution >= 0.6 is 31.9 Å². The highest BCUT2D eigenvalue weighted by atomic mass is 79.9. The van der Waals surface area contributed by atoms with Crippen molar-refractivity contribution in [3.63, 3.8) is 0 Å². The normalized spacial score (nSPS) is 20.3. The molecule has 4 rings (SSSR count). The molecule has 0 atom stereocenters. The van der Waals surface area contributed by atoms with E-state index in [1.165, 1.54) is 14.2 Å². The molecule has 0 bridgehead atoms. The van der Waals surface area contributed by atoms with Gasteiger partial charge in [0.15, 0.2) is 0 Å². The lowest BCUT2D eigenvalue weighted by Crippen LogP contribution is -2.45. The van der Waals surface area contributed by atoms with Gasteiger partial charge in [-0.05, 0) is 135 Å². The molecule has 2 saturated carbocycles. The second-order valence-electron chi connectivity index (χ2n) is 14.5. The van der Waals surface area contributed by atoms with Gasteiger partial charge in [0, 0.05) is 57.6 Å². The number of halogens is 2. The zero-order valence-corrected chi connectivity index (χ0v) is 35.0. The van der Waals surface area contributed by atoms with Gasteiger partial charge in [0.1, 0.15) is 5.60 Å². The second-order valence-corrected chi connectivity index (χ2v) is 16.3. The third-order valence-corrected chi connectivity index (χ3v) is 10.8. The Morgan fingerprint density at radius 2 is 1.14 bits per heavy atom. The first-order valence-corrected chi connectivity index (χ1v) is 19.7. The Bertz CT molecular complexity index is 1500. The molecule has 0 unspecified atom stereocenters. The average molecular weight is 839 g/mol. The molecule has 12 heteroatoms. The van der Waals surface area contributed by atoms with Crippen molar-refractivity contribution in [2.24, 2.45) is 5.73 Å². The SMILES string of the molecule is CCN(c1cc(Br)cc(C(=O)OC)c1C)C1CCC(N)CC1.CCN(c1cc(Br)cc(C(=O)OC)c1C)C1CCC(NC(=O)OC(C)(C)C)CC1. The van der Waals surface area contributed by atoms with Crippen LogP contribution in [0.4, 0.5) is 16.2 Å². The molecule has 0 radical (unpaired) electrons. The van der Waals surface area contributed by atoms with Gasteiger partial charge in [-0.15, -0.1) is 0 Å². The summed E-state index contributed by atoms with van der Waals surface area (Å²) in [5, 5.41) is 3.00. The highest BCUT2D eigenvalue weighted by Crippen LogP contribution is 2.35. The van der Waals surface area contributed by atoms with Crippen LogP contribution < -0.4 is 20.9 Å². The number of hydrogen-bond donors (Lipinski definition) is 2. The molecule has 2 aromatic carbocycles. The molecule has 0 aliphatic heterocycles. The summed E-state index contributed by atoms with van der Waals surface area (Å²) in [7, 11) is 2.82. The summed E-state index contributed by atoms with van der Waals surface area (Å²) >= 11 is 7.05. The molecule has 2 aliphatic carbocycles. The number of nitrogens with zero attached hydrogens (tertiary/aromatic N) is 2. The van der Waals surface area contributed by atoms with E-state index >= 15 is 0 Å². The summed E-state index contributed by atoms with van der Waals surface area (Å²) in [5.74, 6) is -0.617. The number of ether oxygens (including phenoxy) is 3. The summed E-state index contributed by atoms with van der Waals surface area (Å²) in [4.78, 5) is 40.9. The average Bonchev–Trinajstić information content (AvgIpc) is 3.08. The molecule has 3 N–H and O–H groups in total. The van der Waals surface area contributed by atoms with E-state index in [4.69, 9.17) is 19.9 Å². The monoisotopic (exact) mass is 836 g/mol. The molecule has 0 spiro atoms. The third-order valence-electron chi connectivity index (χ3n) is 9.84. The fourth-order valence-electron chi connectivity index (χ4n) is 7.24. The number of carbonyl (C=O) groups is 3. The molecule has 0 heterocycles. The maximum Gasteiger partial charge on any atom is 0.407 e. The topological polar surface area (TPSA) is 123 Å². The van der Waals surface area contributed by atoms with E-state index in [2.05, 4.69) is 73.0 Å². The lowest BCUT2D eigenvalue weighted by molar-refractivity contribution is 0.0489. The number of rotatable bonds is 9. The van der Waals surface area contributed by atoms with Gasteiger partial charge in [-0.1, -0.05) is 31.9 Å². The number of alkyl carbamates (subject to hydrolysis) is 1. The molecule has 284 valence electrons. The molecule has 0 aromatic heterocycles. The van der Waals surface area contributed by atoms with Crippen LogP contribution in [0.5, 0.6) is 0 Å². The predicted octanol–water partition coefficient (Wildman–Crippen LogP) is 8.85. The largest absolute Gasteiger partial charge is 0.465 e. The Morgan fingerprint density at radius 1 is 0.745 bits per heavy atom. The van der Waals surface area contributed by atoms with Crippen molar-refractivity contribution in [2.75, 3.05) is 37.1 Å². The standard InChI is InChI=1S/C22H33BrN2O4.C17H25BrN2O2/c1-7-25(19-13-15(23)12-18(14(19)2)20(26)28-6)17-10-8-16(9-11-17)24-21(27)29-22(3,4)5;1-4-20(14-7-5-13(19)6-8-14)16-10-12(18)9-15(11(16)2)17(21)22-3/h12-13,16-17H,7-11H2,1-6H3,(H,24,27);9-10,13-14H,4-8,19H2,1-3H3. The second kappa shape index (κ2) is 19.3. The van der Waals surface area contributed by atoms with Gasteiger partial charge in [0.25, 0.3) is 0 Å². The van der Waals surface area contributed by atoms with Crippen molar-refractivity contribution in [1.82, 2.24) is 5.32 Å². The number of nitrogens with two attached hydrogens (primary N) is 1.